The molecule has 1 aliphatic rings. The predicted octanol–water partition coefficient (Wildman–Crippen LogP) is 3.44. The van der Waals surface area contributed by atoms with Crippen LogP contribution in [0.4, 0.5) is 5.69 Å². The highest BCUT2D eigenvalue weighted by atomic mass is 79.9. The van der Waals surface area contributed by atoms with Gasteiger partial charge in [-0.1, -0.05) is 22.9 Å². The molecule has 1 amide bonds. The fourth-order valence-electron chi connectivity index (χ4n) is 2.46. The van der Waals surface area contributed by atoms with E-state index in [0.717, 1.165) is 23.1 Å². The van der Waals surface area contributed by atoms with Gasteiger partial charge in [-0.05, 0) is 43.2 Å². The smallest absolute Gasteiger partial charge is 0.253 e. The van der Waals surface area contributed by atoms with Crippen molar-refractivity contribution in [1.82, 2.24) is 5.32 Å². The van der Waals surface area contributed by atoms with Crippen molar-refractivity contribution in [3.63, 3.8) is 0 Å². The van der Waals surface area contributed by atoms with Crippen LogP contribution in [-0.4, -0.2) is 23.0 Å². The summed E-state index contributed by atoms with van der Waals surface area (Å²) < 4.78 is 0.891. The first kappa shape index (κ1) is 14.7. The molecule has 1 fully saturated rings. The third kappa shape index (κ3) is 3.89. The fourth-order valence-corrected chi connectivity index (χ4v) is 3.98. The summed E-state index contributed by atoms with van der Waals surface area (Å²) in [6.07, 6.45) is 3.33. The van der Waals surface area contributed by atoms with Gasteiger partial charge < -0.3 is 11.1 Å². The van der Waals surface area contributed by atoms with Gasteiger partial charge in [-0.3, -0.25) is 4.79 Å². The number of rotatable bonds is 4. The summed E-state index contributed by atoms with van der Waals surface area (Å²) in [7, 11) is 0. The zero-order chi connectivity index (χ0) is 13.8. The monoisotopic (exact) mass is 342 g/mol. The topological polar surface area (TPSA) is 55.1 Å². The van der Waals surface area contributed by atoms with Gasteiger partial charge in [-0.15, -0.1) is 0 Å². The van der Waals surface area contributed by atoms with Gasteiger partial charge in [0, 0.05) is 21.5 Å². The Morgan fingerprint density at radius 1 is 1.53 bits per heavy atom. The molecule has 0 radical (unpaired) electrons. The van der Waals surface area contributed by atoms with Gasteiger partial charge in [0.05, 0.1) is 5.56 Å². The van der Waals surface area contributed by atoms with Crippen LogP contribution in [0, 0.1) is 0 Å². The minimum atomic E-state index is -0.0582. The van der Waals surface area contributed by atoms with Crippen molar-refractivity contribution in [3.05, 3.63) is 28.2 Å². The zero-order valence-corrected chi connectivity index (χ0v) is 13.4. The minimum absolute atomic E-state index is 0.0582. The molecule has 1 aromatic rings. The van der Waals surface area contributed by atoms with Crippen molar-refractivity contribution in [3.8, 4) is 0 Å². The average Bonchev–Trinajstić information content (AvgIpc) is 2.76. The maximum absolute atomic E-state index is 12.2. The first-order valence-electron chi connectivity index (χ1n) is 6.57. The Labute approximate surface area is 126 Å². The van der Waals surface area contributed by atoms with Crippen LogP contribution in [0.1, 0.15) is 36.5 Å². The van der Waals surface area contributed by atoms with Crippen molar-refractivity contribution in [1.29, 1.82) is 0 Å². The molecule has 104 valence electrons. The quantitative estimate of drug-likeness (QED) is 0.824. The molecular weight excluding hydrogens is 324 g/mol. The molecule has 0 aromatic heterocycles. The van der Waals surface area contributed by atoms with Crippen LogP contribution >= 0.6 is 27.7 Å². The Bertz CT molecular complexity index is 467. The summed E-state index contributed by atoms with van der Waals surface area (Å²) >= 11 is 5.33. The molecule has 1 aliphatic carbocycles. The SMILES string of the molecule is CCSC1CCC(NC(=O)c2ccc(Br)cc2N)C1. The molecule has 0 aliphatic heterocycles. The second kappa shape index (κ2) is 6.66. The lowest BCUT2D eigenvalue weighted by Crippen LogP contribution is -2.33. The molecule has 19 heavy (non-hydrogen) atoms. The van der Waals surface area contributed by atoms with E-state index in [9.17, 15) is 4.79 Å². The molecule has 2 rings (SSSR count). The Hall–Kier alpha value is -0.680. The summed E-state index contributed by atoms with van der Waals surface area (Å²) in [4.78, 5) is 12.2. The number of amides is 1. The van der Waals surface area contributed by atoms with Gasteiger partial charge in [0.1, 0.15) is 0 Å². The van der Waals surface area contributed by atoms with E-state index < -0.39 is 0 Å². The van der Waals surface area contributed by atoms with Gasteiger partial charge >= 0.3 is 0 Å². The summed E-state index contributed by atoms with van der Waals surface area (Å²) in [6, 6.07) is 5.66. The lowest BCUT2D eigenvalue weighted by Gasteiger charge is -2.14. The number of hydrogen-bond donors (Lipinski definition) is 2. The minimum Gasteiger partial charge on any atom is -0.398 e. The van der Waals surface area contributed by atoms with Gasteiger partial charge in [-0.25, -0.2) is 0 Å². The molecule has 5 heteroatoms. The molecule has 0 heterocycles. The van der Waals surface area contributed by atoms with Crippen molar-refractivity contribution in [2.75, 3.05) is 11.5 Å². The van der Waals surface area contributed by atoms with E-state index in [4.69, 9.17) is 5.73 Å². The number of nitrogen functional groups attached to an aromatic ring is 1. The molecule has 1 saturated carbocycles. The van der Waals surface area contributed by atoms with Crippen molar-refractivity contribution >= 4 is 39.3 Å². The van der Waals surface area contributed by atoms with Crippen LogP contribution in [0.25, 0.3) is 0 Å². The summed E-state index contributed by atoms with van der Waals surface area (Å²) in [6.45, 7) is 2.18. The molecule has 3 N–H and O–H groups in total. The summed E-state index contributed by atoms with van der Waals surface area (Å²) in [5, 5.41) is 3.79. The third-order valence-corrected chi connectivity index (χ3v) is 5.11. The molecular formula is C14H19BrN2OS. The van der Waals surface area contributed by atoms with E-state index in [1.165, 1.54) is 6.42 Å². The number of benzene rings is 1. The van der Waals surface area contributed by atoms with E-state index >= 15 is 0 Å². The van der Waals surface area contributed by atoms with E-state index in [1.807, 2.05) is 17.8 Å². The number of thioether (sulfide) groups is 1. The van der Waals surface area contributed by atoms with Crippen LogP contribution in [-0.2, 0) is 0 Å². The Morgan fingerprint density at radius 2 is 2.32 bits per heavy atom. The Balaban J connectivity index is 1.94. The molecule has 0 spiro atoms. The molecule has 1 aromatic carbocycles. The highest BCUT2D eigenvalue weighted by Gasteiger charge is 2.26. The molecule has 0 saturated heterocycles. The third-order valence-electron chi connectivity index (χ3n) is 3.38. The molecule has 2 unspecified atom stereocenters. The zero-order valence-electron chi connectivity index (χ0n) is 11.0. The molecule has 2 atom stereocenters. The van der Waals surface area contributed by atoms with Gasteiger partial charge in [-0.2, -0.15) is 11.8 Å². The van der Waals surface area contributed by atoms with Gasteiger partial charge in [0.15, 0.2) is 0 Å². The second-order valence-corrected chi connectivity index (χ2v) is 7.29. The van der Waals surface area contributed by atoms with E-state index in [-0.39, 0.29) is 5.91 Å². The second-order valence-electron chi connectivity index (χ2n) is 4.79. The maximum Gasteiger partial charge on any atom is 0.253 e. The molecule has 0 bridgehead atoms. The highest BCUT2D eigenvalue weighted by molar-refractivity contribution is 9.10. The van der Waals surface area contributed by atoms with Gasteiger partial charge in [0.2, 0.25) is 0 Å². The lowest BCUT2D eigenvalue weighted by atomic mass is 10.1. The molecule has 3 nitrogen and oxygen atoms in total. The number of carbonyl (C=O) groups excluding carboxylic acids is 1. The van der Waals surface area contributed by atoms with Crippen molar-refractivity contribution in [2.45, 2.75) is 37.5 Å². The number of nitrogens with two attached hydrogens (primary N) is 1. The largest absolute Gasteiger partial charge is 0.398 e. The predicted molar refractivity (Wildman–Crippen MR) is 85.6 cm³/mol. The fraction of sp³-hybridized carbons (Fsp3) is 0.500. The van der Waals surface area contributed by atoms with Crippen molar-refractivity contribution in [2.24, 2.45) is 0 Å². The van der Waals surface area contributed by atoms with Crippen LogP contribution in [0.3, 0.4) is 0 Å². The Morgan fingerprint density at radius 3 is 3.00 bits per heavy atom. The average molecular weight is 343 g/mol. The van der Waals surface area contributed by atoms with E-state index in [0.29, 0.717) is 22.5 Å². The summed E-state index contributed by atoms with van der Waals surface area (Å²) in [5.41, 5.74) is 6.96. The Kier molecular flexibility index (Phi) is 5.16. The number of hydrogen-bond acceptors (Lipinski definition) is 3. The highest BCUT2D eigenvalue weighted by Crippen LogP contribution is 2.30. The standard InChI is InChI=1S/C14H19BrN2OS/c1-2-19-11-5-4-10(8-11)17-14(18)12-6-3-9(15)7-13(12)16/h3,6-7,10-11H,2,4-5,8,16H2,1H3,(H,17,18). The van der Waals surface area contributed by atoms with E-state index in [2.05, 4.69) is 28.2 Å². The first-order chi connectivity index (χ1) is 9.10. The number of anilines is 1. The van der Waals surface area contributed by atoms with E-state index in [1.54, 1.807) is 12.1 Å². The van der Waals surface area contributed by atoms with Crippen molar-refractivity contribution < 1.29 is 4.79 Å². The van der Waals surface area contributed by atoms with Crippen LogP contribution < -0.4 is 11.1 Å². The summed E-state index contributed by atoms with van der Waals surface area (Å²) in [5.74, 6) is 1.09. The van der Waals surface area contributed by atoms with Crippen LogP contribution in [0.2, 0.25) is 0 Å². The maximum atomic E-state index is 12.2. The van der Waals surface area contributed by atoms with Crippen LogP contribution in [0.5, 0.6) is 0 Å². The number of nitrogens with one attached hydrogen (secondary N) is 1. The number of carbonyl (C=O) groups is 1. The van der Waals surface area contributed by atoms with Crippen LogP contribution in [0.15, 0.2) is 22.7 Å². The lowest BCUT2D eigenvalue weighted by molar-refractivity contribution is 0.0939. The first-order valence-corrected chi connectivity index (χ1v) is 8.41. The van der Waals surface area contributed by atoms with Gasteiger partial charge in [0.25, 0.3) is 5.91 Å². The number of halogens is 1. The normalized spacial score (nSPS) is 22.4.